The molecule has 1 rings (SSSR count). The minimum atomic E-state index is -3.06. The van der Waals surface area contributed by atoms with Crippen LogP contribution in [0.5, 0.6) is 5.75 Å². The van der Waals surface area contributed by atoms with Gasteiger partial charge in [-0.15, -0.1) is 0 Å². The molecule has 1 amide bonds. The highest BCUT2D eigenvalue weighted by Crippen LogP contribution is 2.37. The molecule has 1 aromatic rings. The summed E-state index contributed by atoms with van der Waals surface area (Å²) in [6, 6.07) is 0. The van der Waals surface area contributed by atoms with E-state index in [2.05, 4.69) is 9.72 Å². The molecular formula is C8H7F2N3O4. The van der Waals surface area contributed by atoms with Crippen LogP contribution in [0.25, 0.3) is 0 Å². The number of carbonyl (C=O) groups is 1. The molecule has 0 radical (unpaired) electrons. The summed E-state index contributed by atoms with van der Waals surface area (Å²) in [6.45, 7) is 0. The topological polar surface area (TPSA) is 108 Å². The number of pyridine rings is 1. The van der Waals surface area contributed by atoms with E-state index < -0.39 is 40.0 Å². The number of aromatic nitrogens is 1. The van der Waals surface area contributed by atoms with Crippen LogP contribution < -0.4 is 10.5 Å². The molecule has 0 fully saturated rings. The molecule has 0 aliphatic rings. The number of alkyl halides is 2. The van der Waals surface area contributed by atoms with Crippen LogP contribution >= 0.6 is 0 Å². The van der Waals surface area contributed by atoms with Gasteiger partial charge in [-0.3, -0.25) is 19.9 Å². The summed E-state index contributed by atoms with van der Waals surface area (Å²) in [5.74, 6) is -1.91. The molecule has 92 valence electrons. The molecule has 0 saturated heterocycles. The van der Waals surface area contributed by atoms with Crippen molar-refractivity contribution in [3.05, 3.63) is 27.6 Å². The number of methoxy groups -OCH3 is 1. The second-order valence-electron chi connectivity index (χ2n) is 2.86. The molecule has 1 heterocycles. The Morgan fingerprint density at radius 2 is 2.24 bits per heavy atom. The van der Waals surface area contributed by atoms with Crippen LogP contribution in [-0.4, -0.2) is 22.9 Å². The van der Waals surface area contributed by atoms with Crippen molar-refractivity contribution in [3.63, 3.8) is 0 Å². The number of ether oxygens (including phenoxy) is 1. The molecule has 1 aromatic heterocycles. The molecule has 0 spiro atoms. The number of nitro groups is 1. The van der Waals surface area contributed by atoms with Gasteiger partial charge in [-0.25, -0.2) is 8.78 Å². The number of primary amides is 1. The third kappa shape index (κ3) is 2.27. The summed E-state index contributed by atoms with van der Waals surface area (Å²) in [7, 11) is 0.959. The molecule has 2 N–H and O–H groups in total. The lowest BCUT2D eigenvalue weighted by Gasteiger charge is -2.08. The first-order valence-corrected chi connectivity index (χ1v) is 4.19. The maximum absolute atomic E-state index is 12.5. The minimum Gasteiger partial charge on any atom is -0.489 e. The van der Waals surface area contributed by atoms with E-state index in [1.54, 1.807) is 0 Å². The van der Waals surface area contributed by atoms with Crippen LogP contribution in [0.2, 0.25) is 0 Å². The van der Waals surface area contributed by atoms with Crippen molar-refractivity contribution >= 4 is 11.6 Å². The summed E-state index contributed by atoms with van der Waals surface area (Å²) in [5, 5.41) is 10.7. The fourth-order valence-corrected chi connectivity index (χ4v) is 1.22. The molecule has 0 aliphatic carbocycles. The lowest BCUT2D eigenvalue weighted by atomic mass is 10.2. The Bertz CT molecular complexity index is 478. The van der Waals surface area contributed by atoms with E-state index in [-0.39, 0.29) is 0 Å². The van der Waals surface area contributed by atoms with Gasteiger partial charge in [0.25, 0.3) is 12.3 Å². The highest BCUT2D eigenvalue weighted by Gasteiger charge is 2.31. The molecule has 0 saturated carbocycles. The van der Waals surface area contributed by atoms with E-state index in [0.29, 0.717) is 6.20 Å². The highest BCUT2D eigenvalue weighted by atomic mass is 19.3. The maximum Gasteiger partial charge on any atom is 0.327 e. The van der Waals surface area contributed by atoms with Crippen molar-refractivity contribution < 1.29 is 23.2 Å². The molecule has 0 atom stereocenters. The first kappa shape index (κ1) is 12.7. The summed E-state index contributed by atoms with van der Waals surface area (Å²) < 4.78 is 29.5. The van der Waals surface area contributed by atoms with Gasteiger partial charge in [0.2, 0.25) is 5.75 Å². The van der Waals surface area contributed by atoms with Crippen molar-refractivity contribution in [3.8, 4) is 5.75 Å². The molecule has 0 aliphatic heterocycles. The monoisotopic (exact) mass is 247 g/mol. The van der Waals surface area contributed by atoms with Gasteiger partial charge in [-0.1, -0.05) is 0 Å². The Morgan fingerprint density at radius 3 is 2.59 bits per heavy atom. The van der Waals surface area contributed by atoms with Crippen LogP contribution in [0.1, 0.15) is 22.5 Å². The van der Waals surface area contributed by atoms with Crippen LogP contribution in [0.15, 0.2) is 6.20 Å². The number of nitrogens with zero attached hydrogens (tertiary/aromatic N) is 2. The number of nitrogens with two attached hydrogens (primary N) is 1. The van der Waals surface area contributed by atoms with Gasteiger partial charge in [-0.2, -0.15) is 0 Å². The number of halogens is 2. The number of hydrogen-bond acceptors (Lipinski definition) is 5. The standard InChI is InChI=1S/C8H7F2N3O4/c1-17-6-4(7(9)10)12-2-3(8(11)14)5(6)13(15)16/h2,7H,1H3,(H2,11,14). The zero-order valence-corrected chi connectivity index (χ0v) is 8.52. The van der Waals surface area contributed by atoms with E-state index in [1.165, 1.54) is 0 Å². The molecule has 17 heavy (non-hydrogen) atoms. The van der Waals surface area contributed by atoms with Crippen molar-refractivity contribution in [2.24, 2.45) is 5.73 Å². The predicted octanol–water partition coefficient (Wildman–Crippen LogP) is 1.03. The third-order valence-corrected chi connectivity index (χ3v) is 1.89. The van der Waals surface area contributed by atoms with Crippen LogP contribution in [0.4, 0.5) is 14.5 Å². The van der Waals surface area contributed by atoms with E-state index in [9.17, 15) is 23.7 Å². The van der Waals surface area contributed by atoms with Crippen molar-refractivity contribution in [1.82, 2.24) is 4.98 Å². The van der Waals surface area contributed by atoms with Crippen molar-refractivity contribution in [2.75, 3.05) is 7.11 Å². The lowest BCUT2D eigenvalue weighted by molar-refractivity contribution is -0.386. The van der Waals surface area contributed by atoms with Gasteiger partial charge in [0.15, 0.2) is 5.69 Å². The lowest BCUT2D eigenvalue weighted by Crippen LogP contribution is -2.15. The van der Waals surface area contributed by atoms with Gasteiger partial charge in [0, 0.05) is 6.20 Å². The van der Waals surface area contributed by atoms with E-state index in [4.69, 9.17) is 5.73 Å². The molecular weight excluding hydrogens is 240 g/mol. The third-order valence-electron chi connectivity index (χ3n) is 1.89. The van der Waals surface area contributed by atoms with Gasteiger partial charge in [0.05, 0.1) is 12.0 Å². The zero-order valence-electron chi connectivity index (χ0n) is 8.52. The highest BCUT2D eigenvalue weighted by molar-refractivity contribution is 5.97. The average Bonchev–Trinajstić information content (AvgIpc) is 2.26. The van der Waals surface area contributed by atoms with E-state index >= 15 is 0 Å². The Hall–Kier alpha value is -2.32. The van der Waals surface area contributed by atoms with Gasteiger partial charge < -0.3 is 10.5 Å². The van der Waals surface area contributed by atoms with Crippen molar-refractivity contribution in [2.45, 2.75) is 6.43 Å². The zero-order chi connectivity index (χ0) is 13.2. The predicted molar refractivity (Wildman–Crippen MR) is 50.9 cm³/mol. The molecule has 0 unspecified atom stereocenters. The largest absolute Gasteiger partial charge is 0.489 e. The summed E-state index contributed by atoms with van der Waals surface area (Å²) in [6.07, 6.45) is -2.43. The van der Waals surface area contributed by atoms with Gasteiger partial charge in [0.1, 0.15) is 5.56 Å². The first-order valence-electron chi connectivity index (χ1n) is 4.19. The average molecular weight is 247 g/mol. The Balaban J connectivity index is 3.61. The van der Waals surface area contributed by atoms with Gasteiger partial charge in [-0.05, 0) is 0 Å². The number of hydrogen-bond donors (Lipinski definition) is 1. The van der Waals surface area contributed by atoms with E-state index in [0.717, 1.165) is 7.11 Å². The molecule has 9 heteroatoms. The molecule has 7 nitrogen and oxygen atoms in total. The fraction of sp³-hybridized carbons (Fsp3) is 0.250. The SMILES string of the molecule is COc1c(C(F)F)ncc(C(N)=O)c1[N+](=O)[O-]. The van der Waals surface area contributed by atoms with Crippen LogP contribution in [0.3, 0.4) is 0 Å². The van der Waals surface area contributed by atoms with Crippen molar-refractivity contribution in [1.29, 1.82) is 0 Å². The number of rotatable bonds is 4. The number of carbonyl (C=O) groups excluding carboxylic acids is 1. The Labute approximate surface area is 93.3 Å². The van der Waals surface area contributed by atoms with E-state index in [1.807, 2.05) is 0 Å². The second-order valence-corrected chi connectivity index (χ2v) is 2.86. The summed E-state index contributed by atoms with van der Waals surface area (Å²) >= 11 is 0. The Morgan fingerprint density at radius 1 is 1.65 bits per heavy atom. The smallest absolute Gasteiger partial charge is 0.327 e. The van der Waals surface area contributed by atoms with Crippen LogP contribution in [0, 0.1) is 10.1 Å². The summed E-state index contributed by atoms with van der Waals surface area (Å²) in [5.41, 5.74) is 2.46. The van der Waals surface area contributed by atoms with Gasteiger partial charge >= 0.3 is 5.69 Å². The maximum atomic E-state index is 12.5. The number of amides is 1. The quantitative estimate of drug-likeness (QED) is 0.631. The molecule has 0 bridgehead atoms. The summed E-state index contributed by atoms with van der Waals surface area (Å²) in [4.78, 5) is 23.8. The minimum absolute atomic E-state index is 0.587. The first-order chi connectivity index (χ1) is 7.90. The van der Waals surface area contributed by atoms with Crippen LogP contribution in [-0.2, 0) is 0 Å². The molecule has 0 aromatic carbocycles. The second kappa shape index (κ2) is 4.68. The fourth-order valence-electron chi connectivity index (χ4n) is 1.22. The Kier molecular flexibility index (Phi) is 3.51. The normalized spacial score (nSPS) is 10.4.